The molecule has 0 saturated heterocycles. The van der Waals surface area contributed by atoms with Crippen molar-refractivity contribution in [1.29, 1.82) is 0 Å². The summed E-state index contributed by atoms with van der Waals surface area (Å²) in [7, 11) is 0. The molecule has 5 rings (SSSR count). The Hall–Kier alpha value is -3.91. The fourth-order valence-electron chi connectivity index (χ4n) is 4.31. The van der Waals surface area contributed by atoms with Crippen molar-refractivity contribution in [2.45, 2.75) is 39.7 Å². The summed E-state index contributed by atoms with van der Waals surface area (Å²) in [5.41, 5.74) is 2.49. The Morgan fingerprint density at radius 2 is 2.00 bits per heavy atom. The van der Waals surface area contributed by atoms with Gasteiger partial charge in [-0.3, -0.25) is 14.5 Å². The van der Waals surface area contributed by atoms with Crippen molar-refractivity contribution in [3.8, 4) is 5.75 Å². The lowest BCUT2D eigenvalue weighted by Gasteiger charge is -2.24. The molecule has 0 unspecified atom stereocenters. The van der Waals surface area contributed by atoms with Crippen molar-refractivity contribution in [2.75, 3.05) is 11.5 Å². The van der Waals surface area contributed by atoms with Crippen LogP contribution in [0.15, 0.2) is 70.3 Å². The van der Waals surface area contributed by atoms with Crippen LogP contribution in [-0.4, -0.2) is 28.4 Å². The second-order valence-corrected chi connectivity index (χ2v) is 9.66. The number of ketones is 1. The van der Waals surface area contributed by atoms with E-state index >= 15 is 0 Å². The van der Waals surface area contributed by atoms with E-state index in [1.54, 1.807) is 25.1 Å². The van der Waals surface area contributed by atoms with Gasteiger partial charge in [-0.25, -0.2) is 4.98 Å². The number of anilines is 1. The maximum absolute atomic E-state index is 13.6. The number of rotatable bonds is 8. The van der Waals surface area contributed by atoms with Crippen LogP contribution in [0.1, 0.15) is 53.8 Å². The van der Waals surface area contributed by atoms with Crippen LogP contribution < -0.4 is 9.64 Å². The van der Waals surface area contributed by atoms with Crippen LogP contribution in [0.5, 0.6) is 5.75 Å². The third-order valence-electron chi connectivity index (χ3n) is 6.12. The highest BCUT2D eigenvalue weighted by Crippen LogP contribution is 2.45. The van der Waals surface area contributed by atoms with E-state index in [-0.39, 0.29) is 11.3 Å². The minimum absolute atomic E-state index is 0.0458. The van der Waals surface area contributed by atoms with Gasteiger partial charge < -0.3 is 14.3 Å². The minimum Gasteiger partial charge on any atom is -0.503 e. The lowest BCUT2D eigenvalue weighted by Crippen LogP contribution is -2.31. The van der Waals surface area contributed by atoms with Gasteiger partial charge in [0.1, 0.15) is 11.5 Å². The van der Waals surface area contributed by atoms with Gasteiger partial charge in [-0.15, -0.1) is 0 Å². The van der Waals surface area contributed by atoms with Crippen molar-refractivity contribution in [3.05, 3.63) is 88.6 Å². The second kappa shape index (κ2) is 9.62. The van der Waals surface area contributed by atoms with Crippen LogP contribution in [-0.2, 0) is 11.2 Å². The van der Waals surface area contributed by atoms with E-state index in [2.05, 4.69) is 13.0 Å². The molecular formula is C28H26N2O5S. The number of carbonyl (C=O) groups excluding carboxylic acids is 2. The van der Waals surface area contributed by atoms with E-state index in [9.17, 15) is 14.7 Å². The van der Waals surface area contributed by atoms with E-state index in [1.807, 2.05) is 37.3 Å². The van der Waals surface area contributed by atoms with Crippen LogP contribution >= 0.6 is 11.3 Å². The predicted octanol–water partition coefficient (Wildman–Crippen LogP) is 6.33. The summed E-state index contributed by atoms with van der Waals surface area (Å²) in [6, 6.07) is 15.5. The molecule has 0 radical (unpaired) electrons. The quantitative estimate of drug-likeness (QED) is 0.283. The van der Waals surface area contributed by atoms with Gasteiger partial charge in [-0.2, -0.15) is 0 Å². The maximum Gasteiger partial charge on any atom is 0.296 e. The number of furan rings is 1. The molecule has 3 heterocycles. The third kappa shape index (κ3) is 4.18. The largest absolute Gasteiger partial charge is 0.503 e. The number of aliphatic hydroxyl groups is 1. The number of Topliss-reactive ketones (excluding diaryl/α,β-unsaturated/α-hetero) is 1. The average molecular weight is 503 g/mol. The number of carbonyl (C=O) groups is 2. The van der Waals surface area contributed by atoms with Gasteiger partial charge >= 0.3 is 0 Å². The maximum atomic E-state index is 13.6. The Labute approximate surface area is 212 Å². The highest BCUT2D eigenvalue weighted by atomic mass is 32.1. The van der Waals surface area contributed by atoms with E-state index in [0.29, 0.717) is 28.8 Å². The number of nitrogens with zero attached hydrogens (tertiary/aromatic N) is 2. The zero-order chi connectivity index (χ0) is 25.4. The fourth-order valence-corrected chi connectivity index (χ4v) is 5.37. The monoisotopic (exact) mass is 502 g/mol. The number of benzene rings is 2. The molecule has 1 aliphatic rings. The summed E-state index contributed by atoms with van der Waals surface area (Å²) in [6.07, 6.45) is 1.72. The molecule has 36 heavy (non-hydrogen) atoms. The van der Waals surface area contributed by atoms with Gasteiger partial charge in [-0.05, 0) is 67.3 Å². The summed E-state index contributed by atoms with van der Waals surface area (Å²) in [5.74, 6) is -0.594. The van der Waals surface area contributed by atoms with Gasteiger partial charge in [0.25, 0.3) is 5.91 Å². The molecule has 184 valence electrons. The molecular weight excluding hydrogens is 476 g/mol. The second-order valence-electron chi connectivity index (χ2n) is 8.65. The third-order valence-corrected chi connectivity index (χ3v) is 7.14. The smallest absolute Gasteiger partial charge is 0.296 e. The Kier molecular flexibility index (Phi) is 6.36. The van der Waals surface area contributed by atoms with Crippen LogP contribution in [0.25, 0.3) is 10.2 Å². The number of aromatic nitrogens is 1. The number of amides is 1. The molecule has 1 amide bonds. The summed E-state index contributed by atoms with van der Waals surface area (Å²) in [5, 5.41) is 11.4. The van der Waals surface area contributed by atoms with E-state index in [1.165, 1.54) is 16.2 Å². The van der Waals surface area contributed by atoms with Gasteiger partial charge in [0, 0.05) is 0 Å². The summed E-state index contributed by atoms with van der Waals surface area (Å²) in [6.45, 7) is 6.36. The Balaban J connectivity index is 1.65. The summed E-state index contributed by atoms with van der Waals surface area (Å²) in [4.78, 5) is 33.1. The zero-order valence-electron chi connectivity index (χ0n) is 20.3. The molecule has 2 aromatic carbocycles. The van der Waals surface area contributed by atoms with Crippen LogP contribution in [0.3, 0.4) is 0 Å². The predicted molar refractivity (Wildman–Crippen MR) is 139 cm³/mol. The molecule has 0 bridgehead atoms. The van der Waals surface area contributed by atoms with Crippen LogP contribution in [0.4, 0.5) is 5.13 Å². The van der Waals surface area contributed by atoms with Crippen molar-refractivity contribution < 1.29 is 23.8 Å². The minimum atomic E-state index is -0.896. The molecule has 0 spiro atoms. The van der Waals surface area contributed by atoms with E-state index in [0.717, 1.165) is 28.6 Å². The first-order valence-electron chi connectivity index (χ1n) is 11.9. The molecule has 0 aliphatic carbocycles. The van der Waals surface area contributed by atoms with Crippen molar-refractivity contribution >= 4 is 38.4 Å². The number of thiazole rings is 1. The zero-order valence-corrected chi connectivity index (χ0v) is 21.1. The Bertz CT molecular complexity index is 1500. The first-order valence-corrected chi connectivity index (χ1v) is 12.7. The molecule has 2 aromatic heterocycles. The molecule has 4 aromatic rings. The number of aryl methyl sites for hydroxylation is 2. The Morgan fingerprint density at radius 1 is 1.17 bits per heavy atom. The fraction of sp³-hybridized carbons (Fsp3) is 0.250. The van der Waals surface area contributed by atoms with Gasteiger partial charge in [0.15, 0.2) is 16.7 Å². The van der Waals surface area contributed by atoms with Crippen molar-refractivity contribution in [3.63, 3.8) is 0 Å². The Morgan fingerprint density at radius 3 is 2.72 bits per heavy atom. The van der Waals surface area contributed by atoms with Crippen molar-refractivity contribution in [2.24, 2.45) is 0 Å². The number of aliphatic hydroxyl groups excluding tert-OH is 1. The highest BCUT2D eigenvalue weighted by Gasteiger charge is 2.46. The summed E-state index contributed by atoms with van der Waals surface area (Å²) < 4.78 is 12.3. The van der Waals surface area contributed by atoms with Gasteiger partial charge in [0.2, 0.25) is 5.78 Å². The molecule has 1 N–H and O–H groups in total. The normalized spacial score (nSPS) is 15.8. The summed E-state index contributed by atoms with van der Waals surface area (Å²) >= 11 is 1.35. The SMILES string of the molecule is CCCOc1cccc([C@@H]2C(C(=O)c3ccc(C)o3)=C(O)C(=O)N2c2nc3ccc(CC)cc3s2)c1. The molecule has 1 aliphatic heterocycles. The van der Waals surface area contributed by atoms with Gasteiger partial charge in [-0.1, -0.05) is 43.4 Å². The first kappa shape index (κ1) is 23.8. The number of fused-ring (bicyclic) bond motifs is 1. The van der Waals surface area contributed by atoms with Gasteiger partial charge in [0.05, 0.1) is 28.4 Å². The number of hydrogen-bond donors (Lipinski definition) is 1. The van der Waals surface area contributed by atoms with Crippen LogP contribution in [0, 0.1) is 6.92 Å². The molecule has 0 saturated carbocycles. The van der Waals surface area contributed by atoms with E-state index in [4.69, 9.17) is 14.1 Å². The molecule has 0 fully saturated rings. The lowest BCUT2D eigenvalue weighted by atomic mass is 9.95. The van der Waals surface area contributed by atoms with Crippen molar-refractivity contribution in [1.82, 2.24) is 4.98 Å². The average Bonchev–Trinajstić information content (AvgIpc) is 3.58. The number of ether oxygens (including phenoxy) is 1. The standard InChI is InChI=1S/C28H26N2O5S/c1-4-13-34-19-8-6-7-18(15-19)24-23(25(31)21-12-9-16(3)35-21)26(32)27(33)30(24)28-29-20-11-10-17(5-2)14-22(20)36-28/h6-12,14-15,24,32H,4-5,13H2,1-3H3/t24-/m1/s1. The topological polar surface area (TPSA) is 92.9 Å². The lowest BCUT2D eigenvalue weighted by molar-refractivity contribution is -0.117. The first-order chi connectivity index (χ1) is 17.4. The molecule has 7 nitrogen and oxygen atoms in total. The molecule has 1 atom stereocenters. The van der Waals surface area contributed by atoms with Crippen LogP contribution in [0.2, 0.25) is 0 Å². The molecule has 8 heteroatoms. The number of hydrogen-bond acceptors (Lipinski definition) is 7. The highest BCUT2D eigenvalue weighted by molar-refractivity contribution is 7.22. The van der Waals surface area contributed by atoms with E-state index < -0.39 is 23.5 Å².